The summed E-state index contributed by atoms with van der Waals surface area (Å²) in [7, 11) is -3.46. The number of nitrogens with two attached hydrogens (primary N) is 1. The van der Waals surface area contributed by atoms with Gasteiger partial charge in [-0.3, -0.25) is 9.59 Å². The molecule has 1 fully saturated rings. The van der Waals surface area contributed by atoms with Crippen molar-refractivity contribution in [1.29, 1.82) is 0 Å². The average molecular weight is 369 g/mol. The number of primary amides is 1. The molecule has 0 atom stereocenters. The molecule has 2 aromatic rings. The van der Waals surface area contributed by atoms with Crippen LogP contribution in [-0.2, 0) is 9.84 Å². The number of ketones is 1. The molecule has 1 aliphatic carbocycles. The van der Waals surface area contributed by atoms with Crippen LogP contribution in [0.1, 0.15) is 50.9 Å². The predicted octanol–water partition coefficient (Wildman–Crippen LogP) is 1.94. The first-order valence-electron chi connectivity index (χ1n) is 7.04. The number of hydrogen-bond donors (Lipinski definition) is 1. The first-order chi connectivity index (χ1) is 11.2. The number of hydrogen-bond acceptors (Lipinski definition) is 6. The van der Waals surface area contributed by atoms with Crippen molar-refractivity contribution in [3.63, 3.8) is 0 Å². The van der Waals surface area contributed by atoms with Gasteiger partial charge in [0.15, 0.2) is 21.3 Å². The summed E-state index contributed by atoms with van der Waals surface area (Å²) in [5.41, 5.74) is 5.06. The highest BCUT2D eigenvalue weighted by Gasteiger charge is 2.37. The zero-order chi connectivity index (χ0) is 17.6. The lowest BCUT2D eigenvalue weighted by Gasteiger charge is -2.06. The minimum atomic E-state index is -3.46. The number of carbonyl (C=O) groups is 2. The normalized spacial score (nSPS) is 14.6. The Balaban J connectivity index is 2.10. The van der Waals surface area contributed by atoms with E-state index in [0.29, 0.717) is 5.76 Å². The van der Waals surface area contributed by atoms with Gasteiger partial charge in [-0.1, -0.05) is 16.8 Å². The molecule has 7 nitrogen and oxygen atoms in total. The van der Waals surface area contributed by atoms with Gasteiger partial charge < -0.3 is 10.3 Å². The van der Waals surface area contributed by atoms with Crippen molar-refractivity contribution in [2.75, 3.05) is 6.26 Å². The van der Waals surface area contributed by atoms with Crippen LogP contribution in [0.2, 0.25) is 5.02 Å². The lowest BCUT2D eigenvalue weighted by Crippen LogP contribution is -2.17. The summed E-state index contributed by atoms with van der Waals surface area (Å²) in [6.07, 6.45) is 2.69. The van der Waals surface area contributed by atoms with E-state index >= 15 is 0 Å². The summed E-state index contributed by atoms with van der Waals surface area (Å²) in [4.78, 5) is 24.3. The van der Waals surface area contributed by atoms with Crippen molar-refractivity contribution in [2.24, 2.45) is 5.73 Å². The van der Waals surface area contributed by atoms with Gasteiger partial charge in [0.25, 0.3) is 5.91 Å². The molecule has 0 bridgehead atoms. The second-order valence-electron chi connectivity index (χ2n) is 5.65. The van der Waals surface area contributed by atoms with Gasteiger partial charge in [-0.2, -0.15) is 0 Å². The molecule has 0 radical (unpaired) electrons. The first kappa shape index (κ1) is 16.7. The largest absolute Gasteiger partial charge is 0.364 e. The van der Waals surface area contributed by atoms with Crippen molar-refractivity contribution in [3.8, 4) is 0 Å². The van der Waals surface area contributed by atoms with Crippen molar-refractivity contribution in [3.05, 3.63) is 45.8 Å². The fourth-order valence-electron chi connectivity index (χ4n) is 2.36. The fraction of sp³-hybridized carbons (Fsp3) is 0.267. The van der Waals surface area contributed by atoms with Gasteiger partial charge in [0.2, 0.25) is 5.78 Å². The molecular formula is C15H13ClN2O5S. The number of benzene rings is 1. The number of sulfone groups is 1. The van der Waals surface area contributed by atoms with Crippen LogP contribution in [0.3, 0.4) is 0 Å². The Morgan fingerprint density at radius 2 is 2.00 bits per heavy atom. The summed E-state index contributed by atoms with van der Waals surface area (Å²) in [6.45, 7) is 0. The minimum absolute atomic E-state index is 0.000921. The van der Waals surface area contributed by atoms with Crippen LogP contribution in [0.25, 0.3) is 0 Å². The number of nitrogens with zero attached hydrogens (tertiary/aromatic N) is 1. The third kappa shape index (κ3) is 2.94. The van der Waals surface area contributed by atoms with Gasteiger partial charge in [0.1, 0.15) is 0 Å². The van der Waals surface area contributed by atoms with Crippen LogP contribution < -0.4 is 5.73 Å². The Hall–Kier alpha value is -2.19. The van der Waals surface area contributed by atoms with Gasteiger partial charge in [-0.15, -0.1) is 0 Å². The summed E-state index contributed by atoms with van der Waals surface area (Å²) in [5.74, 6) is -1.11. The molecule has 0 aliphatic heterocycles. The van der Waals surface area contributed by atoms with Crippen LogP contribution in [0.4, 0.5) is 0 Å². The van der Waals surface area contributed by atoms with E-state index in [1.54, 1.807) is 0 Å². The van der Waals surface area contributed by atoms with Crippen molar-refractivity contribution < 1.29 is 22.5 Å². The molecule has 1 amide bonds. The van der Waals surface area contributed by atoms with E-state index in [1.807, 2.05) is 0 Å². The second-order valence-corrected chi connectivity index (χ2v) is 8.07. The molecule has 0 saturated heterocycles. The van der Waals surface area contributed by atoms with E-state index in [1.165, 1.54) is 18.2 Å². The molecule has 1 heterocycles. The van der Waals surface area contributed by atoms with E-state index in [4.69, 9.17) is 21.9 Å². The summed E-state index contributed by atoms with van der Waals surface area (Å²) in [6, 6.07) is 3.77. The number of carbonyl (C=O) groups excluding carboxylic acids is 2. The van der Waals surface area contributed by atoms with Crippen LogP contribution in [-0.4, -0.2) is 31.5 Å². The van der Waals surface area contributed by atoms with Crippen molar-refractivity contribution >= 4 is 33.1 Å². The number of amides is 1. The number of halogens is 1. The maximum absolute atomic E-state index is 12.8. The zero-order valence-electron chi connectivity index (χ0n) is 12.6. The van der Waals surface area contributed by atoms with Gasteiger partial charge in [0.05, 0.1) is 15.5 Å². The highest BCUT2D eigenvalue weighted by molar-refractivity contribution is 7.90. The van der Waals surface area contributed by atoms with Crippen LogP contribution in [0.5, 0.6) is 0 Å². The molecule has 2 N–H and O–H groups in total. The molecule has 1 aromatic carbocycles. The lowest BCUT2D eigenvalue weighted by atomic mass is 9.99. The van der Waals surface area contributed by atoms with E-state index in [9.17, 15) is 18.0 Å². The lowest BCUT2D eigenvalue weighted by molar-refractivity contribution is 0.0975. The molecular weight excluding hydrogens is 356 g/mol. The van der Waals surface area contributed by atoms with Crippen LogP contribution >= 0.6 is 11.6 Å². The monoisotopic (exact) mass is 368 g/mol. The maximum atomic E-state index is 12.8. The first-order valence-corrected chi connectivity index (χ1v) is 9.30. The van der Waals surface area contributed by atoms with Gasteiger partial charge in [-0.25, -0.2) is 8.42 Å². The average Bonchev–Trinajstić information content (AvgIpc) is 3.23. The highest BCUT2D eigenvalue weighted by atomic mass is 35.5. The Labute approximate surface area is 142 Å². The highest BCUT2D eigenvalue weighted by Crippen LogP contribution is 2.43. The Kier molecular flexibility index (Phi) is 3.97. The topological polar surface area (TPSA) is 120 Å². The molecule has 126 valence electrons. The standard InChI is InChI=1S/C15H13ClN2O5S/c1-24(21,22)8-4-5-9(10(16)6-8)13(19)11-12(15(17)20)18-23-14(11)7-2-3-7/h4-7H,2-3H2,1H3,(H2,17,20). The Morgan fingerprint density at radius 3 is 2.50 bits per heavy atom. The molecule has 0 unspecified atom stereocenters. The van der Waals surface area contributed by atoms with Gasteiger partial charge in [-0.05, 0) is 31.0 Å². The van der Waals surface area contributed by atoms with E-state index in [0.717, 1.165) is 19.1 Å². The van der Waals surface area contributed by atoms with E-state index < -0.39 is 21.5 Å². The summed E-state index contributed by atoms with van der Waals surface area (Å²) in [5, 5.41) is 3.56. The SMILES string of the molecule is CS(=O)(=O)c1ccc(C(=O)c2c(C(N)=O)noc2C2CC2)c(Cl)c1. The third-order valence-corrected chi connectivity index (χ3v) is 5.16. The number of rotatable bonds is 5. The van der Waals surface area contributed by atoms with Crippen LogP contribution in [0, 0.1) is 0 Å². The molecule has 9 heteroatoms. The smallest absolute Gasteiger partial charge is 0.271 e. The van der Waals surface area contributed by atoms with E-state index in [2.05, 4.69) is 5.16 Å². The minimum Gasteiger partial charge on any atom is -0.364 e. The zero-order valence-corrected chi connectivity index (χ0v) is 14.1. The second kappa shape index (κ2) is 5.71. The number of aromatic nitrogens is 1. The van der Waals surface area contributed by atoms with Crippen molar-refractivity contribution in [1.82, 2.24) is 5.16 Å². The Bertz CT molecular complexity index is 960. The fourth-order valence-corrected chi connectivity index (χ4v) is 3.34. The predicted molar refractivity (Wildman–Crippen MR) is 85.0 cm³/mol. The molecule has 1 aliphatic rings. The molecule has 0 spiro atoms. The molecule has 24 heavy (non-hydrogen) atoms. The van der Waals surface area contributed by atoms with Gasteiger partial charge >= 0.3 is 0 Å². The molecule has 3 rings (SSSR count). The Morgan fingerprint density at radius 1 is 1.33 bits per heavy atom. The maximum Gasteiger partial charge on any atom is 0.271 e. The van der Waals surface area contributed by atoms with E-state index in [-0.39, 0.29) is 32.7 Å². The molecule has 1 saturated carbocycles. The summed E-state index contributed by atoms with van der Waals surface area (Å²) < 4.78 is 28.3. The van der Waals surface area contributed by atoms with Crippen LogP contribution in [0.15, 0.2) is 27.6 Å². The third-order valence-electron chi connectivity index (χ3n) is 3.74. The van der Waals surface area contributed by atoms with Gasteiger partial charge in [0, 0.05) is 17.7 Å². The molecule has 1 aromatic heterocycles. The quantitative estimate of drug-likeness (QED) is 0.805. The summed E-state index contributed by atoms with van der Waals surface area (Å²) >= 11 is 6.07. The van der Waals surface area contributed by atoms with Crippen molar-refractivity contribution in [2.45, 2.75) is 23.7 Å².